The van der Waals surface area contributed by atoms with Crippen molar-refractivity contribution in [3.8, 4) is 17.8 Å². The lowest BCUT2D eigenvalue weighted by Gasteiger charge is -2.26. The first-order chi connectivity index (χ1) is 23.2. The zero-order chi connectivity index (χ0) is 33.9. The van der Waals surface area contributed by atoms with Gasteiger partial charge in [-0.25, -0.2) is 9.07 Å². The van der Waals surface area contributed by atoms with E-state index in [4.69, 9.17) is 5.10 Å². The normalized spacial score (nSPS) is 14.6. The van der Waals surface area contributed by atoms with E-state index >= 15 is 0 Å². The molecule has 1 aliphatic heterocycles. The molecule has 5 aromatic rings. The van der Waals surface area contributed by atoms with Crippen molar-refractivity contribution < 1.29 is 18.8 Å². The fraction of sp³-hybridized carbons (Fsp3) is 0.189. The van der Waals surface area contributed by atoms with Crippen LogP contribution in [-0.4, -0.2) is 40.1 Å². The fourth-order valence-corrected chi connectivity index (χ4v) is 5.75. The van der Waals surface area contributed by atoms with Crippen LogP contribution in [0.15, 0.2) is 91.0 Å². The summed E-state index contributed by atoms with van der Waals surface area (Å²) in [6.45, 7) is 3.32. The van der Waals surface area contributed by atoms with Crippen LogP contribution in [0.2, 0.25) is 0 Å². The van der Waals surface area contributed by atoms with E-state index in [2.05, 4.69) is 17.5 Å². The van der Waals surface area contributed by atoms with Crippen molar-refractivity contribution >= 4 is 52.4 Å². The van der Waals surface area contributed by atoms with Gasteiger partial charge in [-0.15, -0.1) is 12.4 Å². The predicted molar refractivity (Wildman–Crippen MR) is 185 cm³/mol. The van der Waals surface area contributed by atoms with Crippen molar-refractivity contribution in [2.24, 2.45) is 5.92 Å². The number of hydrogen-bond acceptors (Lipinski definition) is 6. The third-order valence-electron chi connectivity index (χ3n) is 8.55. The summed E-state index contributed by atoms with van der Waals surface area (Å²) in [5.41, 5.74) is 3.22. The number of aromatic nitrogens is 2. The number of fused-ring (bicyclic) bond motifs is 2. The summed E-state index contributed by atoms with van der Waals surface area (Å²) in [6, 6.07) is 27.4. The first-order valence-electron chi connectivity index (χ1n) is 15.4. The first-order valence-corrected chi connectivity index (χ1v) is 15.4. The molecule has 49 heavy (non-hydrogen) atoms. The Morgan fingerprint density at radius 1 is 0.959 bits per heavy atom. The molecule has 1 aromatic heterocycles. The Labute approximate surface area is 288 Å². The molecule has 2 heterocycles. The molecule has 3 amide bonds. The van der Waals surface area contributed by atoms with Crippen LogP contribution in [0.1, 0.15) is 47.4 Å². The minimum Gasteiger partial charge on any atom is -0.342 e. The SMILES string of the molecule is CC[C@@H](C)C(=O)N[C@H]1CN(C(=O)c2ccc(F)cc2)c2cc(C#N)ccc2N(Cc2nn(-c3ccccc3C#N)c3ccccc23)C1=O.Cl. The van der Waals surface area contributed by atoms with Gasteiger partial charge in [-0.2, -0.15) is 15.6 Å². The Hall–Kier alpha value is -6.04. The number of carbonyl (C=O) groups is 3. The van der Waals surface area contributed by atoms with Gasteiger partial charge >= 0.3 is 0 Å². The van der Waals surface area contributed by atoms with Crippen molar-refractivity contribution in [1.82, 2.24) is 15.1 Å². The molecule has 1 aliphatic rings. The number of benzene rings is 4. The second-order valence-electron chi connectivity index (χ2n) is 11.5. The highest BCUT2D eigenvalue weighted by atomic mass is 35.5. The molecule has 1 N–H and O–H groups in total. The van der Waals surface area contributed by atoms with E-state index in [1.165, 1.54) is 40.1 Å². The number of carbonyl (C=O) groups excluding carboxylic acids is 3. The molecule has 0 saturated carbocycles. The number of para-hydroxylation sites is 2. The molecule has 0 saturated heterocycles. The van der Waals surface area contributed by atoms with Gasteiger partial charge in [0, 0.05) is 16.9 Å². The number of amides is 3. The lowest BCUT2D eigenvalue weighted by molar-refractivity contribution is -0.129. The molecular formula is C37H31ClFN7O3. The topological polar surface area (TPSA) is 135 Å². The Balaban J connectivity index is 0.00000468. The Bertz CT molecular complexity index is 2150. The fourth-order valence-electron chi connectivity index (χ4n) is 5.75. The average molecular weight is 676 g/mol. The second kappa shape index (κ2) is 14.4. The van der Waals surface area contributed by atoms with Crippen LogP contribution in [0.5, 0.6) is 0 Å². The zero-order valence-corrected chi connectivity index (χ0v) is 27.4. The van der Waals surface area contributed by atoms with E-state index in [1.807, 2.05) is 37.3 Å². The van der Waals surface area contributed by atoms with Gasteiger partial charge in [-0.1, -0.05) is 44.2 Å². The van der Waals surface area contributed by atoms with Gasteiger partial charge in [0.15, 0.2) is 0 Å². The molecule has 0 spiro atoms. The van der Waals surface area contributed by atoms with Crippen LogP contribution in [-0.2, 0) is 16.1 Å². The molecule has 12 heteroatoms. The van der Waals surface area contributed by atoms with Crippen molar-refractivity contribution in [3.63, 3.8) is 0 Å². The van der Waals surface area contributed by atoms with Gasteiger partial charge in [0.1, 0.15) is 17.9 Å². The molecule has 0 bridgehead atoms. The monoisotopic (exact) mass is 675 g/mol. The number of anilines is 2. The van der Waals surface area contributed by atoms with Crippen molar-refractivity contribution in [1.29, 1.82) is 10.5 Å². The maximum absolute atomic E-state index is 14.6. The van der Waals surface area contributed by atoms with Crippen LogP contribution in [0.3, 0.4) is 0 Å². The van der Waals surface area contributed by atoms with Crippen LogP contribution >= 0.6 is 12.4 Å². The van der Waals surface area contributed by atoms with E-state index < -0.39 is 29.6 Å². The second-order valence-corrected chi connectivity index (χ2v) is 11.5. The van der Waals surface area contributed by atoms with Gasteiger partial charge < -0.3 is 15.1 Å². The summed E-state index contributed by atoms with van der Waals surface area (Å²) in [4.78, 5) is 44.6. The summed E-state index contributed by atoms with van der Waals surface area (Å²) >= 11 is 0. The molecule has 0 fully saturated rings. The number of nitrogens with one attached hydrogen (secondary N) is 1. The third kappa shape index (κ3) is 6.57. The number of hydrogen-bond donors (Lipinski definition) is 1. The average Bonchev–Trinajstić information content (AvgIpc) is 3.44. The smallest absolute Gasteiger partial charge is 0.258 e. The van der Waals surface area contributed by atoms with Crippen LogP contribution in [0.4, 0.5) is 15.8 Å². The molecule has 246 valence electrons. The predicted octanol–water partition coefficient (Wildman–Crippen LogP) is 6.05. The third-order valence-corrected chi connectivity index (χ3v) is 8.55. The molecule has 2 atom stereocenters. The number of nitrogens with zero attached hydrogens (tertiary/aromatic N) is 6. The zero-order valence-electron chi connectivity index (χ0n) is 26.6. The summed E-state index contributed by atoms with van der Waals surface area (Å²) in [5.74, 6) is -2.28. The maximum Gasteiger partial charge on any atom is 0.258 e. The summed E-state index contributed by atoms with van der Waals surface area (Å²) in [6.07, 6.45) is 0.536. The Morgan fingerprint density at radius 2 is 1.67 bits per heavy atom. The highest BCUT2D eigenvalue weighted by Crippen LogP contribution is 2.37. The number of rotatable bonds is 7. The standard InChI is InChI=1S/C37H30FN7O3.ClH/c1-3-23(2)35(46)41-30-22-44(36(47)25-13-15-27(38)16-14-25)34-18-24(19-39)12-17-33(34)43(37(30)48)21-29-28-9-5-7-11-32(28)45(42-29)31-10-6-4-8-26(31)20-40;/h4-18,23,30H,3,21-22H2,1-2H3,(H,41,46);1H/t23-,30+;/m1./s1. The molecule has 6 rings (SSSR count). The summed E-state index contributed by atoms with van der Waals surface area (Å²) in [7, 11) is 0. The molecule has 0 unspecified atom stereocenters. The van der Waals surface area contributed by atoms with E-state index in [0.29, 0.717) is 34.6 Å². The maximum atomic E-state index is 14.6. The summed E-state index contributed by atoms with van der Waals surface area (Å²) in [5, 5.41) is 28.1. The Morgan fingerprint density at radius 3 is 2.39 bits per heavy atom. The molecule has 0 radical (unpaired) electrons. The molecule has 10 nitrogen and oxygen atoms in total. The highest BCUT2D eigenvalue weighted by Gasteiger charge is 2.38. The van der Waals surface area contributed by atoms with Gasteiger partial charge in [0.2, 0.25) is 5.91 Å². The molecule has 0 aliphatic carbocycles. The minimum atomic E-state index is -1.17. The molecular weight excluding hydrogens is 645 g/mol. The van der Waals surface area contributed by atoms with E-state index in [9.17, 15) is 29.3 Å². The first kappa shape index (κ1) is 34.3. The number of halogens is 2. The van der Waals surface area contributed by atoms with Crippen LogP contribution < -0.4 is 15.1 Å². The quantitative estimate of drug-likeness (QED) is 0.223. The van der Waals surface area contributed by atoms with Crippen molar-refractivity contribution in [2.75, 3.05) is 16.3 Å². The summed E-state index contributed by atoms with van der Waals surface area (Å²) < 4.78 is 15.5. The van der Waals surface area contributed by atoms with Gasteiger partial charge in [0.05, 0.1) is 58.6 Å². The highest BCUT2D eigenvalue weighted by molar-refractivity contribution is 6.13. The largest absolute Gasteiger partial charge is 0.342 e. The number of nitriles is 2. The van der Waals surface area contributed by atoms with Gasteiger partial charge in [-0.05, 0) is 67.1 Å². The minimum absolute atomic E-state index is 0. The van der Waals surface area contributed by atoms with E-state index in [0.717, 1.165) is 5.39 Å². The lowest BCUT2D eigenvalue weighted by Crippen LogP contribution is -2.53. The van der Waals surface area contributed by atoms with E-state index in [1.54, 1.807) is 41.9 Å². The molecule has 4 aromatic carbocycles. The van der Waals surface area contributed by atoms with Gasteiger partial charge in [-0.3, -0.25) is 14.4 Å². The van der Waals surface area contributed by atoms with Gasteiger partial charge in [0.25, 0.3) is 11.8 Å². The van der Waals surface area contributed by atoms with Crippen molar-refractivity contribution in [3.05, 3.63) is 119 Å². The van der Waals surface area contributed by atoms with Crippen LogP contribution in [0.25, 0.3) is 16.6 Å². The van der Waals surface area contributed by atoms with E-state index in [-0.39, 0.29) is 48.2 Å². The lowest BCUT2D eigenvalue weighted by atomic mass is 10.1. The van der Waals surface area contributed by atoms with Crippen LogP contribution in [0, 0.1) is 34.4 Å². The Kier molecular flexibility index (Phi) is 10.1. The van der Waals surface area contributed by atoms with Crippen molar-refractivity contribution in [2.45, 2.75) is 32.9 Å².